The fourth-order valence-corrected chi connectivity index (χ4v) is 4.66. The Morgan fingerprint density at radius 3 is 2.25 bits per heavy atom. The Kier molecular flexibility index (Phi) is 4.30. The molecule has 24 heavy (non-hydrogen) atoms. The predicted molar refractivity (Wildman–Crippen MR) is 93.8 cm³/mol. The molecule has 4 nitrogen and oxygen atoms in total. The summed E-state index contributed by atoms with van der Waals surface area (Å²) in [5.74, 6) is 0.186. The molecule has 4 heteroatoms. The number of rotatable bonds is 2. The van der Waals surface area contributed by atoms with E-state index in [4.69, 9.17) is 0 Å². The highest BCUT2D eigenvalue weighted by Crippen LogP contribution is 2.37. The molecule has 1 saturated carbocycles. The lowest BCUT2D eigenvalue weighted by molar-refractivity contribution is -0.142. The molecule has 0 bridgehead atoms. The van der Waals surface area contributed by atoms with E-state index in [1.54, 1.807) is 0 Å². The maximum Gasteiger partial charge on any atom is 0.230 e. The summed E-state index contributed by atoms with van der Waals surface area (Å²) in [6.07, 6.45) is 7.02. The first-order valence-electron chi connectivity index (χ1n) is 9.44. The maximum atomic E-state index is 13.2. The van der Waals surface area contributed by atoms with Gasteiger partial charge in [0, 0.05) is 31.2 Å². The van der Waals surface area contributed by atoms with E-state index in [1.807, 2.05) is 28.0 Å². The van der Waals surface area contributed by atoms with E-state index in [0.29, 0.717) is 0 Å². The highest BCUT2D eigenvalue weighted by molar-refractivity contribution is 5.99. The molecule has 0 radical (unpaired) electrons. The number of anilines is 1. The largest absolute Gasteiger partial charge is 0.342 e. The SMILES string of the molecule is O=C(C1CCCCC1C(=O)N1CCc2ccccc21)N1CCCC1. The fraction of sp³-hybridized carbons (Fsp3) is 0.600. The van der Waals surface area contributed by atoms with Crippen molar-refractivity contribution in [2.45, 2.75) is 44.9 Å². The Hall–Kier alpha value is -1.84. The van der Waals surface area contributed by atoms with Crippen LogP contribution >= 0.6 is 0 Å². The second-order valence-electron chi connectivity index (χ2n) is 7.40. The van der Waals surface area contributed by atoms with Gasteiger partial charge in [-0.3, -0.25) is 9.59 Å². The fourth-order valence-electron chi connectivity index (χ4n) is 4.66. The van der Waals surface area contributed by atoms with Gasteiger partial charge in [-0.25, -0.2) is 0 Å². The molecule has 2 aliphatic heterocycles. The van der Waals surface area contributed by atoms with Gasteiger partial charge in [0.25, 0.3) is 0 Å². The summed E-state index contributed by atoms with van der Waals surface area (Å²) in [6, 6.07) is 8.18. The van der Waals surface area contributed by atoms with Crippen molar-refractivity contribution in [1.82, 2.24) is 4.90 Å². The lowest BCUT2D eigenvalue weighted by atomic mass is 9.77. The molecule has 2 atom stereocenters. The minimum Gasteiger partial charge on any atom is -0.342 e. The first-order valence-corrected chi connectivity index (χ1v) is 9.44. The number of hydrogen-bond acceptors (Lipinski definition) is 2. The number of likely N-dealkylation sites (tertiary alicyclic amines) is 1. The van der Waals surface area contributed by atoms with Gasteiger partial charge in [0.15, 0.2) is 0 Å². The molecular weight excluding hydrogens is 300 g/mol. The number of fused-ring (bicyclic) bond motifs is 1. The molecule has 2 amide bonds. The predicted octanol–water partition coefficient (Wildman–Crippen LogP) is 3.00. The van der Waals surface area contributed by atoms with E-state index in [2.05, 4.69) is 6.07 Å². The van der Waals surface area contributed by atoms with Crippen molar-refractivity contribution in [2.24, 2.45) is 11.8 Å². The number of carbonyl (C=O) groups excluding carboxylic acids is 2. The molecule has 1 aromatic carbocycles. The van der Waals surface area contributed by atoms with Crippen molar-refractivity contribution in [3.05, 3.63) is 29.8 Å². The zero-order valence-corrected chi connectivity index (χ0v) is 14.2. The molecule has 2 unspecified atom stereocenters. The highest BCUT2D eigenvalue weighted by atomic mass is 16.2. The minimum absolute atomic E-state index is 0.0999. The molecule has 128 valence electrons. The van der Waals surface area contributed by atoms with Crippen LogP contribution in [0.2, 0.25) is 0 Å². The van der Waals surface area contributed by atoms with Crippen LogP contribution in [-0.4, -0.2) is 36.3 Å². The minimum atomic E-state index is -0.127. The molecule has 2 fully saturated rings. The van der Waals surface area contributed by atoms with Crippen molar-refractivity contribution in [2.75, 3.05) is 24.5 Å². The summed E-state index contributed by atoms with van der Waals surface area (Å²) in [5, 5.41) is 0. The summed E-state index contributed by atoms with van der Waals surface area (Å²) in [7, 11) is 0. The third kappa shape index (κ3) is 2.72. The second-order valence-corrected chi connectivity index (χ2v) is 7.40. The van der Waals surface area contributed by atoms with Gasteiger partial charge in [-0.2, -0.15) is 0 Å². The molecule has 0 N–H and O–H groups in total. The lowest BCUT2D eigenvalue weighted by Gasteiger charge is -2.34. The smallest absolute Gasteiger partial charge is 0.230 e. The Bertz CT molecular complexity index is 636. The van der Waals surface area contributed by atoms with Crippen LogP contribution in [0.3, 0.4) is 0 Å². The Balaban J connectivity index is 1.54. The summed E-state index contributed by atoms with van der Waals surface area (Å²) in [5.41, 5.74) is 2.31. The third-order valence-corrected chi connectivity index (χ3v) is 5.97. The quantitative estimate of drug-likeness (QED) is 0.838. The van der Waals surface area contributed by atoms with Gasteiger partial charge in [-0.05, 0) is 43.7 Å². The molecule has 1 aromatic rings. The van der Waals surface area contributed by atoms with Gasteiger partial charge in [-0.1, -0.05) is 31.0 Å². The van der Waals surface area contributed by atoms with Crippen molar-refractivity contribution in [3.8, 4) is 0 Å². The average molecular weight is 326 g/mol. The number of amides is 2. The molecule has 1 aliphatic carbocycles. The van der Waals surface area contributed by atoms with Crippen LogP contribution in [0, 0.1) is 11.8 Å². The van der Waals surface area contributed by atoms with E-state index in [-0.39, 0.29) is 23.7 Å². The van der Waals surface area contributed by atoms with Gasteiger partial charge >= 0.3 is 0 Å². The molecule has 4 rings (SSSR count). The Labute approximate surface area is 143 Å². The second kappa shape index (κ2) is 6.58. The van der Waals surface area contributed by atoms with Crippen LogP contribution in [0.15, 0.2) is 24.3 Å². The summed E-state index contributed by atoms with van der Waals surface area (Å²) in [4.78, 5) is 30.1. The normalized spacial score (nSPS) is 26.5. The van der Waals surface area contributed by atoms with E-state index in [1.165, 1.54) is 5.56 Å². The maximum absolute atomic E-state index is 13.2. The monoisotopic (exact) mass is 326 g/mol. The first-order chi connectivity index (χ1) is 11.8. The number of carbonyl (C=O) groups is 2. The summed E-state index contributed by atoms with van der Waals surface area (Å²) < 4.78 is 0. The van der Waals surface area contributed by atoms with Crippen molar-refractivity contribution in [1.29, 1.82) is 0 Å². The molecule has 0 aromatic heterocycles. The van der Waals surface area contributed by atoms with Crippen LogP contribution in [0.1, 0.15) is 44.1 Å². The van der Waals surface area contributed by atoms with Crippen LogP contribution in [0.25, 0.3) is 0 Å². The zero-order valence-electron chi connectivity index (χ0n) is 14.2. The van der Waals surface area contributed by atoms with Gasteiger partial charge in [-0.15, -0.1) is 0 Å². The molecular formula is C20H26N2O2. The molecule has 1 saturated heterocycles. The molecule has 3 aliphatic rings. The van der Waals surface area contributed by atoms with Gasteiger partial charge in [0.1, 0.15) is 0 Å². The van der Waals surface area contributed by atoms with Crippen molar-refractivity contribution in [3.63, 3.8) is 0 Å². The standard InChI is InChI=1S/C20H26N2O2/c23-19(21-12-5-6-13-21)16-8-2-3-9-17(16)20(24)22-14-11-15-7-1-4-10-18(15)22/h1,4,7,10,16-17H,2-3,5-6,8-9,11-14H2. The van der Waals surface area contributed by atoms with Crippen molar-refractivity contribution < 1.29 is 9.59 Å². The van der Waals surface area contributed by atoms with Gasteiger partial charge < -0.3 is 9.80 Å². The first kappa shape index (κ1) is 15.7. The Morgan fingerprint density at radius 2 is 1.50 bits per heavy atom. The Morgan fingerprint density at radius 1 is 0.833 bits per heavy atom. The van der Waals surface area contributed by atoms with E-state index >= 15 is 0 Å². The van der Waals surface area contributed by atoms with Crippen molar-refractivity contribution >= 4 is 17.5 Å². The van der Waals surface area contributed by atoms with Crippen LogP contribution < -0.4 is 4.90 Å². The highest BCUT2D eigenvalue weighted by Gasteiger charge is 2.41. The van der Waals surface area contributed by atoms with Gasteiger partial charge in [0.2, 0.25) is 11.8 Å². The lowest BCUT2D eigenvalue weighted by Crippen LogP contribution is -2.45. The number of para-hydroxylation sites is 1. The topological polar surface area (TPSA) is 40.6 Å². The average Bonchev–Trinajstić information content (AvgIpc) is 3.30. The van der Waals surface area contributed by atoms with Crippen LogP contribution in [0.4, 0.5) is 5.69 Å². The van der Waals surface area contributed by atoms with E-state index in [0.717, 1.165) is 70.3 Å². The van der Waals surface area contributed by atoms with E-state index < -0.39 is 0 Å². The van der Waals surface area contributed by atoms with Crippen LogP contribution in [0.5, 0.6) is 0 Å². The van der Waals surface area contributed by atoms with Gasteiger partial charge in [0.05, 0.1) is 5.92 Å². The molecule has 2 heterocycles. The number of hydrogen-bond donors (Lipinski definition) is 0. The number of benzene rings is 1. The summed E-state index contributed by atoms with van der Waals surface area (Å²) >= 11 is 0. The van der Waals surface area contributed by atoms with E-state index in [9.17, 15) is 9.59 Å². The molecule has 0 spiro atoms. The third-order valence-electron chi connectivity index (χ3n) is 5.97. The van der Waals surface area contributed by atoms with Crippen LogP contribution in [-0.2, 0) is 16.0 Å². The number of nitrogens with zero attached hydrogens (tertiary/aromatic N) is 2. The zero-order chi connectivity index (χ0) is 16.5. The summed E-state index contributed by atoms with van der Waals surface area (Å²) in [6.45, 7) is 2.52.